The molecule has 1 aromatic heterocycles. The van der Waals surface area contributed by atoms with Crippen molar-refractivity contribution in [2.75, 3.05) is 11.9 Å². The van der Waals surface area contributed by atoms with E-state index in [1.807, 2.05) is 18.8 Å². The van der Waals surface area contributed by atoms with E-state index < -0.39 is 0 Å². The summed E-state index contributed by atoms with van der Waals surface area (Å²) in [7, 11) is 4.01. The standard InChI is InChI=1S/C15H20N4/c1-11-14(8-16-2)15(18(3)17-11)19-9-12-6-4-5-7-13(12)10-19/h4-7,16H,8-10H2,1-3H3. The van der Waals surface area contributed by atoms with Crippen molar-refractivity contribution in [3.05, 3.63) is 46.6 Å². The van der Waals surface area contributed by atoms with Crippen molar-refractivity contribution >= 4 is 5.82 Å². The average molecular weight is 256 g/mol. The molecule has 1 aromatic carbocycles. The Morgan fingerprint density at radius 3 is 2.42 bits per heavy atom. The monoisotopic (exact) mass is 256 g/mol. The first-order chi connectivity index (χ1) is 9.20. The molecule has 0 spiro atoms. The molecule has 2 aromatic rings. The second kappa shape index (κ2) is 4.70. The van der Waals surface area contributed by atoms with Gasteiger partial charge >= 0.3 is 0 Å². The van der Waals surface area contributed by atoms with Gasteiger partial charge in [0, 0.05) is 32.2 Å². The normalized spacial score (nSPS) is 13.9. The molecule has 19 heavy (non-hydrogen) atoms. The van der Waals surface area contributed by atoms with E-state index in [9.17, 15) is 0 Å². The second-order valence-corrected chi connectivity index (χ2v) is 5.17. The second-order valence-electron chi connectivity index (χ2n) is 5.17. The van der Waals surface area contributed by atoms with Gasteiger partial charge in [-0.15, -0.1) is 0 Å². The molecule has 4 nitrogen and oxygen atoms in total. The van der Waals surface area contributed by atoms with Crippen molar-refractivity contribution < 1.29 is 0 Å². The number of benzene rings is 1. The Labute approximate surface area is 114 Å². The molecule has 0 aliphatic carbocycles. The van der Waals surface area contributed by atoms with Crippen LogP contribution in [0.15, 0.2) is 24.3 Å². The van der Waals surface area contributed by atoms with Crippen molar-refractivity contribution in [1.82, 2.24) is 15.1 Å². The van der Waals surface area contributed by atoms with Crippen molar-refractivity contribution in [3.8, 4) is 0 Å². The van der Waals surface area contributed by atoms with Gasteiger partial charge in [0.2, 0.25) is 0 Å². The fourth-order valence-electron chi connectivity index (χ4n) is 2.95. The number of hydrogen-bond donors (Lipinski definition) is 1. The molecule has 3 rings (SSSR count). The summed E-state index contributed by atoms with van der Waals surface area (Å²) in [5.41, 5.74) is 5.27. The molecular formula is C15H20N4. The maximum absolute atomic E-state index is 4.57. The summed E-state index contributed by atoms with van der Waals surface area (Å²) < 4.78 is 2.01. The van der Waals surface area contributed by atoms with Gasteiger partial charge in [-0.3, -0.25) is 4.68 Å². The van der Waals surface area contributed by atoms with Crippen LogP contribution < -0.4 is 10.2 Å². The van der Waals surface area contributed by atoms with Gasteiger partial charge in [0.15, 0.2) is 0 Å². The number of anilines is 1. The predicted molar refractivity (Wildman–Crippen MR) is 77.0 cm³/mol. The van der Waals surface area contributed by atoms with Crippen LogP contribution in [0, 0.1) is 6.92 Å². The first-order valence-corrected chi connectivity index (χ1v) is 6.69. The van der Waals surface area contributed by atoms with E-state index in [1.54, 1.807) is 0 Å². The summed E-state index contributed by atoms with van der Waals surface area (Å²) in [5, 5.41) is 7.82. The lowest BCUT2D eigenvalue weighted by Gasteiger charge is -2.19. The average Bonchev–Trinajstić information content (AvgIpc) is 2.91. The molecular weight excluding hydrogens is 236 g/mol. The van der Waals surface area contributed by atoms with Gasteiger partial charge in [-0.2, -0.15) is 5.10 Å². The fraction of sp³-hybridized carbons (Fsp3) is 0.400. The number of nitrogens with zero attached hydrogens (tertiary/aromatic N) is 3. The van der Waals surface area contributed by atoms with Gasteiger partial charge in [-0.05, 0) is 25.1 Å². The first-order valence-electron chi connectivity index (χ1n) is 6.69. The Morgan fingerprint density at radius 2 is 1.84 bits per heavy atom. The van der Waals surface area contributed by atoms with Gasteiger partial charge in [0.1, 0.15) is 5.82 Å². The van der Waals surface area contributed by atoms with Crippen LogP contribution in [-0.4, -0.2) is 16.8 Å². The topological polar surface area (TPSA) is 33.1 Å². The molecule has 1 aliphatic rings. The van der Waals surface area contributed by atoms with Crippen molar-refractivity contribution in [1.29, 1.82) is 0 Å². The van der Waals surface area contributed by atoms with Crippen LogP contribution in [0.25, 0.3) is 0 Å². The molecule has 1 aliphatic heterocycles. The van der Waals surface area contributed by atoms with Gasteiger partial charge < -0.3 is 10.2 Å². The summed E-state index contributed by atoms with van der Waals surface area (Å²) in [6.45, 7) is 4.90. The van der Waals surface area contributed by atoms with Crippen molar-refractivity contribution in [3.63, 3.8) is 0 Å². The number of hydrogen-bond acceptors (Lipinski definition) is 3. The molecule has 0 saturated carbocycles. The zero-order chi connectivity index (χ0) is 13.4. The van der Waals surface area contributed by atoms with Crippen LogP contribution in [-0.2, 0) is 26.7 Å². The Kier molecular flexibility index (Phi) is 3.03. The van der Waals surface area contributed by atoms with Gasteiger partial charge in [-0.1, -0.05) is 24.3 Å². The number of aryl methyl sites for hydroxylation is 2. The maximum atomic E-state index is 4.57. The molecule has 1 N–H and O–H groups in total. The van der Waals surface area contributed by atoms with Gasteiger partial charge in [0.25, 0.3) is 0 Å². The summed E-state index contributed by atoms with van der Waals surface area (Å²) in [6, 6.07) is 8.67. The molecule has 0 saturated heterocycles. The number of rotatable bonds is 3. The van der Waals surface area contributed by atoms with E-state index in [4.69, 9.17) is 0 Å². The summed E-state index contributed by atoms with van der Waals surface area (Å²) in [6.07, 6.45) is 0. The zero-order valence-corrected chi connectivity index (χ0v) is 11.8. The third-order valence-electron chi connectivity index (χ3n) is 3.81. The highest BCUT2D eigenvalue weighted by atomic mass is 15.4. The van der Waals surface area contributed by atoms with Crippen LogP contribution in [0.4, 0.5) is 5.82 Å². The Bertz CT molecular complexity index is 575. The predicted octanol–water partition coefficient (Wildman–Crippen LogP) is 1.97. The van der Waals surface area contributed by atoms with Crippen LogP contribution in [0.3, 0.4) is 0 Å². The summed E-state index contributed by atoms with van der Waals surface area (Å²) >= 11 is 0. The summed E-state index contributed by atoms with van der Waals surface area (Å²) in [5.74, 6) is 1.24. The molecule has 100 valence electrons. The largest absolute Gasteiger partial charge is 0.348 e. The van der Waals surface area contributed by atoms with E-state index in [1.165, 1.54) is 22.5 Å². The highest BCUT2D eigenvalue weighted by molar-refractivity contribution is 5.54. The first kappa shape index (κ1) is 12.2. The molecule has 4 heteroatoms. The van der Waals surface area contributed by atoms with Crippen LogP contribution >= 0.6 is 0 Å². The molecule has 0 fully saturated rings. The Balaban J connectivity index is 1.97. The quantitative estimate of drug-likeness (QED) is 0.911. The Morgan fingerprint density at radius 1 is 1.21 bits per heavy atom. The summed E-state index contributed by atoms with van der Waals surface area (Å²) in [4.78, 5) is 2.41. The maximum Gasteiger partial charge on any atom is 0.131 e. The van der Waals surface area contributed by atoms with E-state index in [0.29, 0.717) is 0 Å². The molecule has 2 heterocycles. The minimum Gasteiger partial charge on any atom is -0.348 e. The Hall–Kier alpha value is -1.81. The number of nitrogens with one attached hydrogen (secondary N) is 1. The lowest BCUT2D eigenvalue weighted by atomic mass is 10.1. The third kappa shape index (κ3) is 2.02. The lowest BCUT2D eigenvalue weighted by molar-refractivity contribution is 0.711. The number of fused-ring (bicyclic) bond motifs is 1. The SMILES string of the molecule is CNCc1c(C)nn(C)c1N1Cc2ccccc2C1. The zero-order valence-electron chi connectivity index (χ0n) is 11.8. The van der Waals surface area contributed by atoms with Gasteiger partial charge in [0.05, 0.1) is 5.69 Å². The van der Waals surface area contributed by atoms with Crippen molar-refractivity contribution in [2.45, 2.75) is 26.6 Å². The minimum atomic E-state index is 0.863. The van der Waals surface area contributed by atoms with Gasteiger partial charge in [-0.25, -0.2) is 0 Å². The minimum absolute atomic E-state index is 0.863. The third-order valence-corrected chi connectivity index (χ3v) is 3.81. The molecule has 0 bridgehead atoms. The smallest absolute Gasteiger partial charge is 0.131 e. The van der Waals surface area contributed by atoms with Crippen molar-refractivity contribution in [2.24, 2.45) is 7.05 Å². The highest BCUT2D eigenvalue weighted by Crippen LogP contribution is 2.31. The van der Waals surface area contributed by atoms with E-state index in [2.05, 4.69) is 46.5 Å². The lowest BCUT2D eigenvalue weighted by Crippen LogP contribution is -2.20. The molecule has 0 unspecified atom stereocenters. The van der Waals surface area contributed by atoms with E-state index in [-0.39, 0.29) is 0 Å². The highest BCUT2D eigenvalue weighted by Gasteiger charge is 2.24. The number of aromatic nitrogens is 2. The van der Waals surface area contributed by atoms with Crippen LogP contribution in [0.2, 0.25) is 0 Å². The van der Waals surface area contributed by atoms with Crippen LogP contribution in [0.5, 0.6) is 0 Å². The fourth-order valence-corrected chi connectivity index (χ4v) is 2.95. The molecule has 0 atom stereocenters. The van der Waals surface area contributed by atoms with E-state index in [0.717, 1.165) is 25.3 Å². The van der Waals surface area contributed by atoms with Crippen LogP contribution in [0.1, 0.15) is 22.4 Å². The molecule has 0 radical (unpaired) electrons. The molecule has 0 amide bonds. The van der Waals surface area contributed by atoms with E-state index >= 15 is 0 Å².